The molecule has 3 rings (SSSR count). The molecule has 0 fully saturated rings. The van der Waals surface area contributed by atoms with Crippen molar-refractivity contribution in [2.75, 3.05) is 11.9 Å². The second kappa shape index (κ2) is 15.5. The molecule has 242 valence electrons. The van der Waals surface area contributed by atoms with Gasteiger partial charge in [0.05, 0.1) is 6.16 Å². The molecule has 1 heterocycles. The quantitative estimate of drug-likeness (QED) is 0.118. The van der Waals surface area contributed by atoms with Crippen molar-refractivity contribution in [2.45, 2.75) is 52.5 Å². The van der Waals surface area contributed by atoms with Crippen LogP contribution in [0.2, 0.25) is 0 Å². The van der Waals surface area contributed by atoms with Gasteiger partial charge in [0.15, 0.2) is 0 Å². The summed E-state index contributed by atoms with van der Waals surface area (Å²) in [7, 11) is -4.47. The molecule has 2 aromatic carbocycles. The summed E-state index contributed by atoms with van der Waals surface area (Å²) in [5.74, 6) is -2.61. The van der Waals surface area contributed by atoms with Crippen LogP contribution >= 0.6 is 7.60 Å². The highest BCUT2D eigenvalue weighted by Gasteiger charge is 2.30. The van der Waals surface area contributed by atoms with Crippen LogP contribution in [-0.2, 0) is 36.5 Å². The number of rotatable bonds is 13. The molecule has 14 nitrogen and oxygen atoms in total. The number of amides is 4. The largest absolute Gasteiger partial charge is 0.445 e. The molecule has 0 aliphatic heterocycles. The Morgan fingerprint density at radius 1 is 0.889 bits per heavy atom. The number of ether oxygens (including phenoxy) is 1. The van der Waals surface area contributed by atoms with Gasteiger partial charge in [-0.1, -0.05) is 58.0 Å². The predicted molar refractivity (Wildman–Crippen MR) is 165 cm³/mol. The molecule has 0 aliphatic carbocycles. The lowest BCUT2D eigenvalue weighted by Gasteiger charge is -2.27. The Bertz CT molecular complexity index is 1630. The van der Waals surface area contributed by atoms with E-state index in [1.807, 2.05) is 6.07 Å². The van der Waals surface area contributed by atoms with Crippen LogP contribution in [0.5, 0.6) is 0 Å². The summed E-state index contributed by atoms with van der Waals surface area (Å²) in [6.07, 6.45) is -1.47. The zero-order chi connectivity index (χ0) is 33.3. The standard InChI is InChI=1S/C30H37N4O10P/c1-17(2)26(33-24(35)14-31-30(39)43-15-19-8-6-5-7-9-19)29(38)34-27(18(3)4)28(37)32-21-10-11-22-20(16-45(40,41)42)12-25(36)44-23(22)13-21/h5-13,17-18,26-27H,14-16H2,1-4H3,(H,31,39)(H,32,37)(H,33,35)(H,34,38)(H2,40,41,42)/t26-,27-/m0/s1. The van der Waals surface area contributed by atoms with E-state index in [0.29, 0.717) is 5.39 Å². The average Bonchev–Trinajstić information content (AvgIpc) is 2.95. The maximum Gasteiger partial charge on any atom is 0.407 e. The highest BCUT2D eigenvalue weighted by Crippen LogP contribution is 2.40. The summed E-state index contributed by atoms with van der Waals surface area (Å²) in [4.78, 5) is 81.7. The van der Waals surface area contributed by atoms with E-state index >= 15 is 0 Å². The van der Waals surface area contributed by atoms with Crippen molar-refractivity contribution in [3.05, 3.63) is 76.1 Å². The first-order chi connectivity index (χ1) is 21.1. The van der Waals surface area contributed by atoms with Gasteiger partial charge in [0.2, 0.25) is 17.7 Å². The monoisotopic (exact) mass is 644 g/mol. The lowest BCUT2D eigenvalue weighted by atomic mass is 9.99. The first kappa shape index (κ1) is 35.0. The molecule has 2 atom stereocenters. The van der Waals surface area contributed by atoms with Crippen LogP contribution in [0.25, 0.3) is 11.0 Å². The summed E-state index contributed by atoms with van der Waals surface area (Å²) < 4.78 is 21.7. The average molecular weight is 645 g/mol. The smallest absolute Gasteiger partial charge is 0.407 e. The number of hydrogen-bond acceptors (Lipinski definition) is 8. The Morgan fingerprint density at radius 2 is 1.53 bits per heavy atom. The van der Waals surface area contributed by atoms with Gasteiger partial charge in [-0.3, -0.25) is 18.9 Å². The van der Waals surface area contributed by atoms with Crippen LogP contribution in [0.4, 0.5) is 10.5 Å². The maximum atomic E-state index is 13.2. The molecular weight excluding hydrogens is 607 g/mol. The summed E-state index contributed by atoms with van der Waals surface area (Å²) in [6, 6.07) is 12.2. The minimum absolute atomic E-state index is 0.00836. The van der Waals surface area contributed by atoms with Crippen LogP contribution < -0.4 is 26.9 Å². The fourth-order valence-corrected chi connectivity index (χ4v) is 5.05. The number of nitrogens with one attached hydrogen (secondary N) is 4. The molecule has 0 aliphatic rings. The summed E-state index contributed by atoms with van der Waals surface area (Å²) in [5, 5.41) is 10.5. The molecule has 0 radical (unpaired) electrons. The fraction of sp³-hybridized carbons (Fsp3) is 0.367. The Morgan fingerprint density at radius 3 is 2.16 bits per heavy atom. The van der Waals surface area contributed by atoms with Crippen molar-refractivity contribution in [3.63, 3.8) is 0 Å². The van der Waals surface area contributed by atoms with Gasteiger partial charge in [-0.15, -0.1) is 0 Å². The first-order valence-electron chi connectivity index (χ1n) is 14.1. The zero-order valence-electron chi connectivity index (χ0n) is 25.2. The van der Waals surface area contributed by atoms with Crippen molar-refractivity contribution in [1.29, 1.82) is 0 Å². The zero-order valence-corrected chi connectivity index (χ0v) is 26.1. The number of fused-ring (bicyclic) bond motifs is 1. The lowest BCUT2D eigenvalue weighted by Crippen LogP contribution is -2.56. The number of anilines is 1. The number of hydrogen-bond donors (Lipinski definition) is 6. The number of carbonyl (C=O) groups excluding carboxylic acids is 4. The van der Waals surface area contributed by atoms with Gasteiger partial charge >= 0.3 is 19.3 Å². The van der Waals surface area contributed by atoms with Crippen LogP contribution in [0, 0.1) is 11.8 Å². The topological polar surface area (TPSA) is 213 Å². The molecule has 1 aromatic heterocycles. The third kappa shape index (κ3) is 10.9. The second-order valence-electron chi connectivity index (χ2n) is 11.0. The van der Waals surface area contributed by atoms with E-state index in [-0.39, 0.29) is 35.3 Å². The highest BCUT2D eigenvalue weighted by molar-refractivity contribution is 7.50. The Hall–Kier alpha value is -4.52. The number of alkyl carbamates (subject to hydrolysis) is 1. The van der Waals surface area contributed by atoms with Gasteiger partial charge in [-0.2, -0.15) is 0 Å². The third-order valence-corrected chi connectivity index (χ3v) is 7.35. The van der Waals surface area contributed by atoms with Crippen molar-refractivity contribution in [3.8, 4) is 0 Å². The van der Waals surface area contributed by atoms with Crippen LogP contribution in [-0.4, -0.2) is 52.2 Å². The van der Waals surface area contributed by atoms with Gasteiger partial charge in [0.1, 0.15) is 30.8 Å². The molecule has 45 heavy (non-hydrogen) atoms. The molecule has 6 N–H and O–H groups in total. The molecule has 0 saturated carbocycles. The van der Waals surface area contributed by atoms with E-state index in [4.69, 9.17) is 9.15 Å². The van der Waals surface area contributed by atoms with E-state index in [0.717, 1.165) is 11.6 Å². The SMILES string of the molecule is CC(C)[C@H](NC(=O)CNC(=O)OCc1ccccc1)C(=O)N[C@H](C(=O)Nc1ccc2c(CP(=O)(O)O)cc(=O)oc2c1)C(C)C. The van der Waals surface area contributed by atoms with E-state index in [1.165, 1.54) is 18.2 Å². The van der Waals surface area contributed by atoms with Gasteiger partial charge in [0.25, 0.3) is 0 Å². The lowest BCUT2D eigenvalue weighted by molar-refractivity contribution is -0.132. The van der Waals surface area contributed by atoms with E-state index in [1.54, 1.807) is 52.0 Å². The van der Waals surface area contributed by atoms with E-state index in [9.17, 15) is 38.3 Å². The van der Waals surface area contributed by atoms with Crippen molar-refractivity contribution >= 4 is 48.1 Å². The summed E-state index contributed by atoms with van der Waals surface area (Å²) >= 11 is 0. The molecule has 4 amide bonds. The number of carbonyl (C=O) groups is 4. The van der Waals surface area contributed by atoms with Gasteiger partial charge in [-0.25, -0.2) is 9.59 Å². The molecular formula is C30H37N4O10P. The normalized spacial score (nSPS) is 12.8. The summed E-state index contributed by atoms with van der Waals surface area (Å²) in [6.45, 7) is 6.43. The van der Waals surface area contributed by atoms with E-state index < -0.39 is 61.8 Å². The molecule has 0 saturated heterocycles. The van der Waals surface area contributed by atoms with Crippen molar-refractivity contribution in [1.82, 2.24) is 16.0 Å². The Kier molecular flexibility index (Phi) is 12.0. The molecule has 3 aromatic rings. The van der Waals surface area contributed by atoms with Gasteiger partial charge < -0.3 is 40.2 Å². The molecule has 0 bridgehead atoms. The highest BCUT2D eigenvalue weighted by atomic mass is 31.2. The minimum Gasteiger partial charge on any atom is -0.445 e. The molecule has 0 unspecified atom stereocenters. The fourth-order valence-electron chi connectivity index (χ4n) is 4.34. The maximum absolute atomic E-state index is 13.2. The van der Waals surface area contributed by atoms with Crippen LogP contribution in [0.3, 0.4) is 0 Å². The van der Waals surface area contributed by atoms with Gasteiger partial charge in [-0.05, 0) is 35.1 Å². The predicted octanol–water partition coefficient (Wildman–Crippen LogP) is 2.62. The molecule has 0 spiro atoms. The van der Waals surface area contributed by atoms with Gasteiger partial charge in [0, 0.05) is 23.2 Å². The molecule has 15 heteroatoms. The third-order valence-electron chi connectivity index (χ3n) is 6.59. The minimum atomic E-state index is -4.47. The summed E-state index contributed by atoms with van der Waals surface area (Å²) in [5.41, 5.74) is 0.275. The van der Waals surface area contributed by atoms with E-state index in [2.05, 4.69) is 21.3 Å². The van der Waals surface area contributed by atoms with Crippen molar-refractivity contribution in [2.24, 2.45) is 11.8 Å². The second-order valence-corrected chi connectivity index (χ2v) is 12.7. The first-order valence-corrected chi connectivity index (χ1v) is 15.9. The Labute approximate surface area is 259 Å². The van der Waals surface area contributed by atoms with Crippen LogP contribution in [0.1, 0.15) is 38.8 Å². The number of benzene rings is 2. The van der Waals surface area contributed by atoms with Crippen molar-refractivity contribution < 1.29 is 42.7 Å². The van der Waals surface area contributed by atoms with Crippen LogP contribution in [0.15, 0.2) is 63.8 Å². The Balaban J connectivity index is 1.62.